The fraction of sp³-hybridized carbons (Fsp3) is 0.0714. The number of nitrogens with one attached hydrogen (secondary N) is 4. The van der Waals surface area contributed by atoms with Gasteiger partial charge < -0.3 is 15.3 Å². The van der Waals surface area contributed by atoms with Crippen LogP contribution in [0, 0.1) is 0 Å². The van der Waals surface area contributed by atoms with Crippen LogP contribution in [0.15, 0.2) is 49.1 Å². The molecule has 0 saturated carbocycles. The molecule has 25 heavy (non-hydrogen) atoms. The molecule has 0 radical (unpaired) electrons. The zero-order chi connectivity index (χ0) is 18.0. The van der Waals surface area contributed by atoms with Gasteiger partial charge >= 0.3 is 11.4 Å². The van der Waals surface area contributed by atoms with Crippen molar-refractivity contribution < 1.29 is 4.79 Å². The monoisotopic (exact) mass is 361 g/mol. The van der Waals surface area contributed by atoms with Crippen LogP contribution in [-0.2, 0) is 6.54 Å². The van der Waals surface area contributed by atoms with Gasteiger partial charge in [0.15, 0.2) is 0 Å². The fourth-order valence-corrected chi connectivity index (χ4v) is 2.76. The third-order valence-corrected chi connectivity index (χ3v) is 4.13. The Balaban J connectivity index is 1.95. The zero-order valence-corrected chi connectivity index (χ0v) is 13.3. The highest BCUT2D eigenvalue weighted by Gasteiger charge is 2.16. The average Bonchev–Trinajstić information content (AvgIpc) is 3.07. The second-order valence-electron chi connectivity index (χ2n) is 4.92. The van der Waals surface area contributed by atoms with E-state index < -0.39 is 28.4 Å². The molecule has 1 amide bonds. The summed E-state index contributed by atoms with van der Waals surface area (Å²) in [5.41, 5.74) is -3.58. The number of hydrogen-bond donors (Lipinski definition) is 4. The van der Waals surface area contributed by atoms with Crippen molar-refractivity contribution in [2.75, 3.05) is 5.32 Å². The third kappa shape index (κ3) is 3.40. The van der Waals surface area contributed by atoms with Crippen LogP contribution in [-0.4, -0.2) is 25.4 Å². The molecule has 0 atom stereocenters. The van der Waals surface area contributed by atoms with Gasteiger partial charge in [-0.15, -0.1) is 11.3 Å². The first kappa shape index (κ1) is 16.4. The van der Waals surface area contributed by atoms with Crippen LogP contribution in [0.2, 0.25) is 0 Å². The van der Waals surface area contributed by atoms with E-state index >= 15 is 0 Å². The minimum Gasteiger partial charge on any atom is -0.316 e. The molecule has 10 nitrogen and oxygen atoms in total. The molecule has 0 aliphatic rings. The predicted octanol–water partition coefficient (Wildman–Crippen LogP) is -0.725. The van der Waals surface area contributed by atoms with E-state index in [0.717, 1.165) is 21.8 Å². The second kappa shape index (κ2) is 6.57. The Morgan fingerprint density at radius 3 is 2.64 bits per heavy atom. The number of H-pyrrole nitrogens is 3. The Bertz CT molecular complexity index is 1150. The van der Waals surface area contributed by atoms with Gasteiger partial charge in [-0.1, -0.05) is 6.07 Å². The van der Waals surface area contributed by atoms with Crippen molar-refractivity contribution in [2.45, 2.75) is 6.54 Å². The number of rotatable bonds is 4. The normalized spacial score (nSPS) is 10.6. The van der Waals surface area contributed by atoms with E-state index in [0.29, 0.717) is 0 Å². The van der Waals surface area contributed by atoms with Gasteiger partial charge in [-0.05, 0) is 11.4 Å². The van der Waals surface area contributed by atoms with Gasteiger partial charge in [0.1, 0.15) is 11.3 Å². The van der Waals surface area contributed by atoms with Crippen LogP contribution in [0.3, 0.4) is 0 Å². The largest absolute Gasteiger partial charge is 0.328 e. The first-order valence-electron chi connectivity index (χ1n) is 6.94. The molecule has 4 N–H and O–H groups in total. The van der Waals surface area contributed by atoms with Gasteiger partial charge in [0, 0.05) is 17.3 Å². The van der Waals surface area contributed by atoms with Gasteiger partial charge in [0.2, 0.25) is 0 Å². The second-order valence-corrected chi connectivity index (χ2v) is 5.95. The van der Waals surface area contributed by atoms with Gasteiger partial charge in [0.25, 0.3) is 17.0 Å². The summed E-state index contributed by atoms with van der Waals surface area (Å²) in [4.78, 5) is 66.3. The molecule has 3 heterocycles. The van der Waals surface area contributed by atoms with E-state index in [1.165, 1.54) is 11.3 Å². The zero-order valence-electron chi connectivity index (χ0n) is 12.5. The molecule has 3 aromatic rings. The lowest BCUT2D eigenvalue weighted by Crippen LogP contribution is -2.39. The molecule has 3 aromatic heterocycles. The molecule has 0 spiro atoms. The van der Waals surface area contributed by atoms with E-state index in [9.17, 15) is 24.0 Å². The standard InChI is InChI=1S/C14H11N5O5S/c20-10(17-9-5-15-13(23)18-11(9)21)8-4-16-14(24)19(12(8)22)6-7-2-1-3-25-7/h1-5H,6H2,(H,16,24)(H,17,20)(H2,15,18,21,23). The van der Waals surface area contributed by atoms with Crippen LogP contribution in [0.25, 0.3) is 0 Å². The molecule has 3 rings (SSSR count). The highest BCUT2D eigenvalue weighted by Crippen LogP contribution is 2.08. The van der Waals surface area contributed by atoms with Crippen LogP contribution in [0.4, 0.5) is 5.69 Å². The summed E-state index contributed by atoms with van der Waals surface area (Å²) in [5.74, 6) is -0.890. The smallest absolute Gasteiger partial charge is 0.316 e. The lowest BCUT2D eigenvalue weighted by molar-refractivity contribution is 0.102. The van der Waals surface area contributed by atoms with E-state index in [-0.39, 0.29) is 17.8 Å². The minimum absolute atomic E-state index is 0.0200. The molecular formula is C14H11N5O5S. The maximum absolute atomic E-state index is 12.4. The third-order valence-electron chi connectivity index (χ3n) is 3.27. The fourth-order valence-electron chi connectivity index (χ4n) is 2.07. The summed E-state index contributed by atoms with van der Waals surface area (Å²) in [6.07, 6.45) is 1.99. The van der Waals surface area contributed by atoms with Crippen molar-refractivity contribution in [1.82, 2.24) is 19.5 Å². The van der Waals surface area contributed by atoms with Crippen molar-refractivity contribution in [3.05, 3.63) is 82.0 Å². The lowest BCUT2D eigenvalue weighted by atomic mass is 10.3. The van der Waals surface area contributed by atoms with Crippen molar-refractivity contribution in [3.63, 3.8) is 0 Å². The number of aromatic nitrogens is 4. The molecule has 0 unspecified atom stereocenters. The maximum Gasteiger partial charge on any atom is 0.328 e. The van der Waals surface area contributed by atoms with Crippen LogP contribution >= 0.6 is 11.3 Å². The number of hydrogen-bond acceptors (Lipinski definition) is 6. The van der Waals surface area contributed by atoms with Crippen molar-refractivity contribution in [1.29, 1.82) is 0 Å². The maximum atomic E-state index is 12.4. The number of amides is 1. The molecule has 0 aromatic carbocycles. The SMILES string of the molecule is O=C(Nc1c[nH]c(=O)[nH]c1=O)c1c[nH]c(=O)n(Cc2cccs2)c1=O. The number of carbonyl (C=O) groups is 1. The quantitative estimate of drug-likeness (QED) is 0.483. The van der Waals surface area contributed by atoms with Gasteiger partial charge in [-0.25, -0.2) is 9.59 Å². The van der Waals surface area contributed by atoms with Crippen molar-refractivity contribution >= 4 is 22.9 Å². The van der Waals surface area contributed by atoms with Gasteiger partial charge in [-0.2, -0.15) is 0 Å². The lowest BCUT2D eigenvalue weighted by Gasteiger charge is -2.06. The number of aromatic amines is 3. The van der Waals surface area contributed by atoms with Crippen molar-refractivity contribution in [2.24, 2.45) is 0 Å². The van der Waals surface area contributed by atoms with E-state index in [1.54, 1.807) is 17.5 Å². The molecule has 0 aliphatic heterocycles. The molecule has 0 bridgehead atoms. The molecule has 0 fully saturated rings. The first-order chi connectivity index (χ1) is 12.0. The van der Waals surface area contributed by atoms with Gasteiger partial charge in [0.05, 0.1) is 6.54 Å². The molecule has 128 valence electrons. The Labute approximate surface area is 141 Å². The Morgan fingerprint density at radius 1 is 1.16 bits per heavy atom. The molecule has 11 heteroatoms. The Kier molecular flexibility index (Phi) is 4.31. The van der Waals surface area contributed by atoms with Crippen LogP contribution in [0.1, 0.15) is 15.2 Å². The highest BCUT2D eigenvalue weighted by molar-refractivity contribution is 7.09. The number of thiophene rings is 1. The summed E-state index contributed by atoms with van der Waals surface area (Å²) in [5, 5.41) is 4.01. The summed E-state index contributed by atoms with van der Waals surface area (Å²) >= 11 is 1.36. The number of carbonyl (C=O) groups excluding carboxylic acids is 1. The van der Waals surface area contributed by atoms with Crippen molar-refractivity contribution in [3.8, 4) is 0 Å². The first-order valence-corrected chi connectivity index (χ1v) is 7.82. The highest BCUT2D eigenvalue weighted by atomic mass is 32.1. The van der Waals surface area contributed by atoms with E-state index in [4.69, 9.17) is 0 Å². The van der Waals surface area contributed by atoms with Gasteiger partial charge in [-0.3, -0.25) is 23.9 Å². The van der Waals surface area contributed by atoms with Crippen LogP contribution < -0.4 is 27.8 Å². The number of anilines is 1. The topological polar surface area (TPSA) is 150 Å². The summed E-state index contributed by atoms with van der Waals surface area (Å²) in [7, 11) is 0. The van der Waals surface area contributed by atoms with E-state index in [2.05, 4.69) is 15.3 Å². The van der Waals surface area contributed by atoms with Crippen LogP contribution in [0.5, 0.6) is 0 Å². The Morgan fingerprint density at radius 2 is 1.96 bits per heavy atom. The van der Waals surface area contributed by atoms with E-state index in [1.807, 2.05) is 4.98 Å². The molecule has 0 aliphatic carbocycles. The number of nitrogens with zero attached hydrogens (tertiary/aromatic N) is 1. The average molecular weight is 361 g/mol. The summed E-state index contributed by atoms with van der Waals surface area (Å²) < 4.78 is 0.887. The Hall–Kier alpha value is -3.47. The molecular weight excluding hydrogens is 350 g/mol. The molecule has 0 saturated heterocycles. The summed E-state index contributed by atoms with van der Waals surface area (Å²) in [6, 6.07) is 3.53. The minimum atomic E-state index is -0.890. The summed E-state index contributed by atoms with van der Waals surface area (Å²) in [6.45, 7) is 0.0200. The predicted molar refractivity (Wildman–Crippen MR) is 90.4 cm³/mol.